The number of imide groups is 1. The van der Waals surface area contributed by atoms with E-state index in [0.29, 0.717) is 22.7 Å². The molecule has 2 aliphatic rings. The third kappa shape index (κ3) is 2.42. The van der Waals surface area contributed by atoms with Crippen molar-refractivity contribution in [2.45, 2.75) is 6.04 Å². The second-order valence-electron chi connectivity index (χ2n) is 5.72. The number of β-lactam (4-membered cyclic amide) rings is 1. The van der Waals surface area contributed by atoms with E-state index in [2.05, 4.69) is 5.32 Å². The maximum Gasteiger partial charge on any atom is 0.262 e. The van der Waals surface area contributed by atoms with Crippen LogP contribution >= 0.6 is 11.3 Å². The minimum absolute atomic E-state index is 0.246. The number of amides is 4. The minimum Gasteiger partial charge on any atom is -0.352 e. The number of anilines is 1. The molecule has 1 aromatic heterocycles. The zero-order chi connectivity index (χ0) is 17.6. The summed E-state index contributed by atoms with van der Waals surface area (Å²) in [7, 11) is 0. The number of hydrogen-bond donors (Lipinski definition) is 1. The summed E-state index contributed by atoms with van der Waals surface area (Å²) in [6.45, 7) is -0.0430. The van der Waals surface area contributed by atoms with Gasteiger partial charge in [0.15, 0.2) is 0 Å². The molecule has 4 rings (SSSR count). The first-order valence-electron chi connectivity index (χ1n) is 7.66. The maximum atomic E-state index is 12.8. The molecule has 8 heteroatoms. The molecule has 7 nitrogen and oxygen atoms in total. The lowest BCUT2D eigenvalue weighted by atomic mass is 10.1. The molecular weight excluding hydrogens is 342 g/mol. The van der Waals surface area contributed by atoms with Crippen molar-refractivity contribution in [3.63, 3.8) is 0 Å². The van der Waals surface area contributed by atoms with Gasteiger partial charge in [0.05, 0.1) is 16.1 Å². The van der Waals surface area contributed by atoms with Crippen LogP contribution < -0.4 is 10.2 Å². The summed E-state index contributed by atoms with van der Waals surface area (Å²) in [5.41, 5.74) is 0.591. The van der Waals surface area contributed by atoms with E-state index in [0.717, 1.165) is 4.90 Å². The van der Waals surface area contributed by atoms with Crippen molar-refractivity contribution in [3.8, 4) is 0 Å². The summed E-state index contributed by atoms with van der Waals surface area (Å²) in [5.74, 6) is -1.68. The number of hydrogen-bond acceptors (Lipinski definition) is 5. The average Bonchev–Trinajstić information content (AvgIpc) is 3.22. The van der Waals surface area contributed by atoms with Crippen LogP contribution in [0.15, 0.2) is 41.8 Å². The maximum absolute atomic E-state index is 12.8. The Kier molecular flexibility index (Phi) is 3.61. The second-order valence-corrected chi connectivity index (χ2v) is 6.64. The summed E-state index contributed by atoms with van der Waals surface area (Å²) in [6, 6.07) is 9.38. The van der Waals surface area contributed by atoms with E-state index in [-0.39, 0.29) is 5.91 Å². The third-order valence-electron chi connectivity index (χ3n) is 4.27. The van der Waals surface area contributed by atoms with Gasteiger partial charge in [0.2, 0.25) is 11.8 Å². The van der Waals surface area contributed by atoms with Gasteiger partial charge in [0, 0.05) is 6.54 Å². The third-order valence-corrected chi connectivity index (χ3v) is 5.14. The molecule has 4 amide bonds. The molecule has 0 spiro atoms. The van der Waals surface area contributed by atoms with Crippen molar-refractivity contribution in [2.75, 3.05) is 18.0 Å². The van der Waals surface area contributed by atoms with E-state index >= 15 is 0 Å². The van der Waals surface area contributed by atoms with E-state index in [1.54, 1.807) is 41.8 Å². The van der Waals surface area contributed by atoms with Crippen LogP contribution in [-0.2, 0) is 9.59 Å². The van der Waals surface area contributed by atoms with Gasteiger partial charge in [-0.15, -0.1) is 11.3 Å². The molecule has 3 heterocycles. The zero-order valence-corrected chi connectivity index (χ0v) is 13.8. The first-order chi connectivity index (χ1) is 12.1. The van der Waals surface area contributed by atoms with E-state index in [9.17, 15) is 19.2 Å². The van der Waals surface area contributed by atoms with Gasteiger partial charge in [-0.05, 0) is 29.6 Å². The van der Waals surface area contributed by atoms with Gasteiger partial charge in [-0.3, -0.25) is 29.0 Å². The van der Waals surface area contributed by atoms with Crippen molar-refractivity contribution >= 4 is 40.0 Å². The molecule has 0 aliphatic carbocycles. The number of fused-ring (bicyclic) bond motifs is 1. The molecule has 2 aromatic rings. The summed E-state index contributed by atoms with van der Waals surface area (Å²) in [5, 5.41) is 5.02. The average molecular weight is 355 g/mol. The summed E-state index contributed by atoms with van der Waals surface area (Å²) in [6.07, 6.45) is 0. The first kappa shape index (κ1) is 15.5. The van der Waals surface area contributed by atoms with Gasteiger partial charge in [-0.1, -0.05) is 12.1 Å². The molecule has 126 valence electrons. The highest BCUT2D eigenvalue weighted by Gasteiger charge is 2.41. The Bertz CT molecular complexity index is 858. The number of rotatable bonds is 4. The predicted octanol–water partition coefficient (Wildman–Crippen LogP) is 0.876. The van der Waals surface area contributed by atoms with Gasteiger partial charge in [0.1, 0.15) is 12.6 Å². The normalized spacial score (nSPS) is 18.6. The van der Waals surface area contributed by atoms with Crippen molar-refractivity contribution in [1.82, 2.24) is 10.2 Å². The summed E-state index contributed by atoms with van der Waals surface area (Å²) >= 11 is 1.32. The monoisotopic (exact) mass is 355 g/mol. The fourth-order valence-electron chi connectivity index (χ4n) is 2.94. The van der Waals surface area contributed by atoms with Crippen molar-refractivity contribution in [1.29, 1.82) is 0 Å². The van der Waals surface area contributed by atoms with E-state index < -0.39 is 30.3 Å². The quantitative estimate of drug-likeness (QED) is 0.651. The number of nitrogens with zero attached hydrogens (tertiary/aromatic N) is 2. The fraction of sp³-hybridized carbons (Fsp3) is 0.176. The molecule has 1 atom stereocenters. The highest BCUT2D eigenvalue weighted by molar-refractivity contribution is 7.14. The molecule has 1 N–H and O–H groups in total. The van der Waals surface area contributed by atoms with Crippen LogP contribution in [0.4, 0.5) is 5.00 Å². The molecule has 0 bridgehead atoms. The van der Waals surface area contributed by atoms with Crippen LogP contribution in [0.5, 0.6) is 0 Å². The van der Waals surface area contributed by atoms with Gasteiger partial charge in [0.25, 0.3) is 11.8 Å². The Balaban J connectivity index is 1.60. The molecular formula is C17H13N3O4S. The van der Waals surface area contributed by atoms with E-state index in [1.807, 2.05) is 0 Å². The fourth-order valence-corrected chi connectivity index (χ4v) is 3.73. The SMILES string of the molecule is O=C1NCC1N(C(=O)CN1C(=O)c2ccccc2C1=O)c1cccs1. The van der Waals surface area contributed by atoms with Crippen molar-refractivity contribution in [2.24, 2.45) is 0 Å². The lowest BCUT2D eigenvalue weighted by Gasteiger charge is -2.36. The van der Waals surface area contributed by atoms with Gasteiger partial charge in [-0.2, -0.15) is 0 Å². The number of thiophene rings is 1. The predicted molar refractivity (Wildman–Crippen MR) is 90.4 cm³/mol. The minimum atomic E-state index is -0.610. The number of carbonyl (C=O) groups excluding carboxylic acids is 4. The largest absolute Gasteiger partial charge is 0.352 e. The van der Waals surface area contributed by atoms with Crippen LogP contribution in [0.2, 0.25) is 0 Å². The Morgan fingerprint density at radius 3 is 2.28 bits per heavy atom. The highest BCUT2D eigenvalue weighted by atomic mass is 32.1. The van der Waals surface area contributed by atoms with Crippen molar-refractivity contribution in [3.05, 3.63) is 52.9 Å². The molecule has 25 heavy (non-hydrogen) atoms. The first-order valence-corrected chi connectivity index (χ1v) is 8.54. The molecule has 1 fully saturated rings. The summed E-state index contributed by atoms with van der Waals surface area (Å²) < 4.78 is 0. The molecule has 1 saturated heterocycles. The lowest BCUT2D eigenvalue weighted by Crippen LogP contribution is -2.64. The summed E-state index contributed by atoms with van der Waals surface area (Å²) in [4.78, 5) is 51.8. The molecule has 1 unspecified atom stereocenters. The standard InChI is InChI=1S/C17H13N3O4S/c21-13(20(12-8-18-15(12)22)14-6-3-7-25-14)9-19-16(23)10-4-1-2-5-11(10)17(19)24/h1-7,12H,8-9H2,(H,18,22). The lowest BCUT2D eigenvalue weighted by molar-refractivity contribution is -0.130. The second kappa shape index (κ2) is 5.82. The smallest absolute Gasteiger partial charge is 0.262 e. The number of benzene rings is 1. The van der Waals surface area contributed by atoms with Crippen LogP contribution in [0, 0.1) is 0 Å². The van der Waals surface area contributed by atoms with Crippen LogP contribution in [0.3, 0.4) is 0 Å². The topological polar surface area (TPSA) is 86.8 Å². The van der Waals surface area contributed by atoms with Gasteiger partial charge >= 0.3 is 0 Å². The molecule has 1 aromatic carbocycles. The van der Waals surface area contributed by atoms with Crippen LogP contribution in [0.1, 0.15) is 20.7 Å². The highest BCUT2D eigenvalue weighted by Crippen LogP contribution is 2.27. The Labute approximate surface area is 146 Å². The molecule has 0 radical (unpaired) electrons. The Morgan fingerprint density at radius 1 is 1.12 bits per heavy atom. The zero-order valence-electron chi connectivity index (χ0n) is 13.0. The number of nitrogens with one attached hydrogen (secondary N) is 1. The van der Waals surface area contributed by atoms with Crippen LogP contribution in [-0.4, -0.2) is 47.7 Å². The molecule has 0 saturated carbocycles. The van der Waals surface area contributed by atoms with E-state index in [1.165, 1.54) is 16.2 Å². The Hall–Kier alpha value is -3.00. The van der Waals surface area contributed by atoms with Crippen LogP contribution in [0.25, 0.3) is 0 Å². The number of carbonyl (C=O) groups is 4. The van der Waals surface area contributed by atoms with Gasteiger partial charge in [-0.25, -0.2) is 0 Å². The van der Waals surface area contributed by atoms with E-state index in [4.69, 9.17) is 0 Å². The Morgan fingerprint density at radius 2 is 1.80 bits per heavy atom. The molecule has 2 aliphatic heterocycles. The van der Waals surface area contributed by atoms with Crippen molar-refractivity contribution < 1.29 is 19.2 Å². The van der Waals surface area contributed by atoms with Gasteiger partial charge < -0.3 is 5.32 Å².